The Balaban J connectivity index is 1.49. The van der Waals surface area contributed by atoms with E-state index in [1.165, 1.54) is 33.3 Å². The molecular formula is C30H42N3O2+. The van der Waals surface area contributed by atoms with Crippen molar-refractivity contribution in [1.82, 2.24) is 9.55 Å². The molecule has 0 radical (unpaired) electrons. The van der Waals surface area contributed by atoms with Crippen LogP contribution in [0.5, 0.6) is 0 Å². The fourth-order valence-corrected chi connectivity index (χ4v) is 5.36. The molecule has 0 saturated heterocycles. The zero-order valence-corrected chi connectivity index (χ0v) is 22.3. The van der Waals surface area contributed by atoms with Gasteiger partial charge in [0.25, 0.3) is 0 Å². The summed E-state index contributed by atoms with van der Waals surface area (Å²) in [6.45, 7) is 12.7. The number of pyridine rings is 1. The van der Waals surface area contributed by atoms with Crippen LogP contribution in [0.25, 0.3) is 10.9 Å². The molecule has 3 heterocycles. The molecule has 0 fully saturated rings. The lowest BCUT2D eigenvalue weighted by molar-refractivity contribution is -0.924. The van der Waals surface area contributed by atoms with Gasteiger partial charge in [0.05, 0.1) is 19.5 Å². The number of fused-ring (bicyclic) bond motifs is 3. The SMILES string of the molecule is CCCCC(C)C(=O)OCC[N+]1(C)CCc2c(c3cc(C)ccc3n2CCc2ccc(C)nc2)C1. The Hall–Kier alpha value is -2.66. The summed E-state index contributed by atoms with van der Waals surface area (Å²) in [5.41, 5.74) is 7.93. The number of likely N-dealkylation sites (N-methyl/N-ethyl adjacent to an activating group) is 1. The molecule has 4 rings (SSSR count). The highest BCUT2D eigenvalue weighted by atomic mass is 16.5. The predicted molar refractivity (Wildman–Crippen MR) is 142 cm³/mol. The van der Waals surface area contributed by atoms with Crippen molar-refractivity contribution < 1.29 is 14.0 Å². The van der Waals surface area contributed by atoms with Crippen LogP contribution in [0.2, 0.25) is 0 Å². The van der Waals surface area contributed by atoms with E-state index in [9.17, 15) is 4.79 Å². The number of rotatable bonds is 10. The molecule has 2 aromatic heterocycles. The molecule has 1 aliphatic heterocycles. The molecule has 2 atom stereocenters. The third kappa shape index (κ3) is 5.95. The van der Waals surface area contributed by atoms with Crippen LogP contribution in [0.15, 0.2) is 36.5 Å². The minimum atomic E-state index is -0.0411. The van der Waals surface area contributed by atoms with E-state index in [0.29, 0.717) is 6.61 Å². The van der Waals surface area contributed by atoms with Gasteiger partial charge in [0, 0.05) is 47.0 Å². The maximum Gasteiger partial charge on any atom is 0.308 e. The number of hydrogen-bond acceptors (Lipinski definition) is 3. The Morgan fingerprint density at radius 2 is 2.06 bits per heavy atom. The monoisotopic (exact) mass is 476 g/mol. The second-order valence-electron chi connectivity index (χ2n) is 10.8. The second kappa shape index (κ2) is 10.9. The van der Waals surface area contributed by atoms with Gasteiger partial charge in [0.2, 0.25) is 0 Å². The van der Waals surface area contributed by atoms with E-state index in [4.69, 9.17) is 4.74 Å². The molecule has 5 heteroatoms. The molecule has 188 valence electrons. The molecule has 1 aromatic carbocycles. The molecule has 0 amide bonds. The second-order valence-corrected chi connectivity index (χ2v) is 10.8. The third-order valence-corrected chi connectivity index (χ3v) is 7.74. The maximum absolute atomic E-state index is 12.4. The highest BCUT2D eigenvalue weighted by Gasteiger charge is 2.33. The number of hydrogen-bond donors (Lipinski definition) is 0. The Bertz CT molecular complexity index is 1160. The van der Waals surface area contributed by atoms with E-state index in [2.05, 4.69) is 60.8 Å². The first-order valence-electron chi connectivity index (χ1n) is 13.3. The highest BCUT2D eigenvalue weighted by Crippen LogP contribution is 2.34. The van der Waals surface area contributed by atoms with Gasteiger partial charge in [0.15, 0.2) is 0 Å². The van der Waals surface area contributed by atoms with Crippen molar-refractivity contribution in [3.63, 3.8) is 0 Å². The zero-order chi connectivity index (χ0) is 25.0. The summed E-state index contributed by atoms with van der Waals surface area (Å²) < 4.78 is 9.16. The lowest BCUT2D eigenvalue weighted by atomic mass is 10.0. The van der Waals surface area contributed by atoms with Crippen LogP contribution >= 0.6 is 0 Å². The average molecular weight is 477 g/mol. The fraction of sp³-hybridized carbons (Fsp3) is 0.533. The minimum absolute atomic E-state index is 0.00195. The lowest BCUT2D eigenvalue weighted by Crippen LogP contribution is -2.49. The smallest absolute Gasteiger partial charge is 0.308 e. The van der Waals surface area contributed by atoms with Crippen molar-refractivity contribution in [3.05, 3.63) is 64.6 Å². The number of aryl methyl sites for hydroxylation is 4. The molecule has 0 N–H and O–H groups in total. The number of unbranched alkanes of at least 4 members (excludes halogenated alkanes) is 1. The number of carbonyl (C=O) groups excluding carboxylic acids is 1. The number of aromatic nitrogens is 2. The van der Waals surface area contributed by atoms with Crippen LogP contribution < -0.4 is 0 Å². The van der Waals surface area contributed by atoms with Crippen molar-refractivity contribution in [1.29, 1.82) is 0 Å². The van der Waals surface area contributed by atoms with E-state index in [1.54, 1.807) is 0 Å². The summed E-state index contributed by atoms with van der Waals surface area (Å²) in [6.07, 6.45) is 7.15. The molecule has 35 heavy (non-hydrogen) atoms. The minimum Gasteiger partial charge on any atom is -0.459 e. The van der Waals surface area contributed by atoms with Crippen molar-refractivity contribution in [2.24, 2.45) is 5.92 Å². The Labute approximate surface area is 210 Å². The fourth-order valence-electron chi connectivity index (χ4n) is 5.36. The molecule has 1 aliphatic rings. The zero-order valence-electron chi connectivity index (χ0n) is 22.3. The Morgan fingerprint density at radius 1 is 1.23 bits per heavy atom. The maximum atomic E-state index is 12.4. The van der Waals surface area contributed by atoms with Gasteiger partial charge in [0.1, 0.15) is 19.7 Å². The standard InChI is InChI=1S/C30H42N3O2/c1-6-7-8-23(3)30(34)35-18-17-33(5)16-14-29-27(21-33)26-19-22(2)9-12-28(26)32(29)15-13-25-11-10-24(4)31-20-25/h9-12,19-20,23H,6-8,13-18,21H2,1-5H3/q+1. The first kappa shape index (κ1) is 25.4. The summed E-state index contributed by atoms with van der Waals surface area (Å²) in [6, 6.07) is 11.2. The van der Waals surface area contributed by atoms with E-state index in [0.717, 1.165) is 68.5 Å². The van der Waals surface area contributed by atoms with E-state index in [1.807, 2.05) is 20.0 Å². The van der Waals surface area contributed by atoms with Crippen molar-refractivity contribution in [2.45, 2.75) is 72.9 Å². The van der Waals surface area contributed by atoms with E-state index >= 15 is 0 Å². The molecule has 0 aliphatic carbocycles. The molecule has 3 aromatic rings. The molecule has 0 saturated carbocycles. The van der Waals surface area contributed by atoms with Gasteiger partial charge >= 0.3 is 5.97 Å². The summed E-state index contributed by atoms with van der Waals surface area (Å²) >= 11 is 0. The quantitative estimate of drug-likeness (QED) is 0.276. The topological polar surface area (TPSA) is 44.1 Å². The summed E-state index contributed by atoms with van der Waals surface area (Å²) in [7, 11) is 2.31. The van der Waals surface area contributed by atoms with Gasteiger partial charge < -0.3 is 13.8 Å². The van der Waals surface area contributed by atoms with Crippen LogP contribution in [0.1, 0.15) is 61.2 Å². The van der Waals surface area contributed by atoms with Crippen molar-refractivity contribution in [3.8, 4) is 0 Å². The van der Waals surface area contributed by atoms with Crippen LogP contribution in [-0.4, -0.2) is 46.7 Å². The molecular weight excluding hydrogens is 434 g/mol. The predicted octanol–water partition coefficient (Wildman–Crippen LogP) is 5.77. The molecule has 2 unspecified atom stereocenters. The van der Waals surface area contributed by atoms with E-state index in [-0.39, 0.29) is 11.9 Å². The van der Waals surface area contributed by atoms with Gasteiger partial charge in [-0.05, 0) is 50.5 Å². The molecule has 5 nitrogen and oxygen atoms in total. The van der Waals surface area contributed by atoms with Gasteiger partial charge in [-0.15, -0.1) is 0 Å². The number of ether oxygens (including phenoxy) is 1. The van der Waals surface area contributed by atoms with Gasteiger partial charge in [-0.3, -0.25) is 9.78 Å². The molecule has 0 spiro atoms. The van der Waals surface area contributed by atoms with Crippen LogP contribution in [0.3, 0.4) is 0 Å². The Kier molecular flexibility index (Phi) is 7.95. The normalized spacial score (nSPS) is 18.4. The third-order valence-electron chi connectivity index (χ3n) is 7.74. The number of nitrogens with zero attached hydrogens (tertiary/aromatic N) is 3. The van der Waals surface area contributed by atoms with Crippen LogP contribution in [0.4, 0.5) is 0 Å². The summed E-state index contributed by atoms with van der Waals surface area (Å²) in [5.74, 6) is -0.0431. The highest BCUT2D eigenvalue weighted by molar-refractivity contribution is 5.86. The van der Waals surface area contributed by atoms with Gasteiger partial charge in [-0.1, -0.05) is 44.4 Å². The molecule has 0 bridgehead atoms. The first-order chi connectivity index (χ1) is 16.8. The van der Waals surface area contributed by atoms with Crippen LogP contribution in [-0.2, 0) is 35.5 Å². The number of benzene rings is 1. The summed E-state index contributed by atoms with van der Waals surface area (Å²) in [5, 5.41) is 1.39. The Morgan fingerprint density at radius 3 is 2.80 bits per heavy atom. The number of carbonyl (C=O) groups is 1. The first-order valence-corrected chi connectivity index (χ1v) is 13.3. The van der Waals surface area contributed by atoms with Gasteiger partial charge in [-0.2, -0.15) is 0 Å². The lowest BCUT2D eigenvalue weighted by Gasteiger charge is -2.38. The van der Waals surface area contributed by atoms with Crippen molar-refractivity contribution in [2.75, 3.05) is 26.7 Å². The van der Waals surface area contributed by atoms with E-state index < -0.39 is 0 Å². The largest absolute Gasteiger partial charge is 0.459 e. The number of esters is 1. The number of quaternary nitrogens is 1. The van der Waals surface area contributed by atoms with Crippen molar-refractivity contribution >= 4 is 16.9 Å². The average Bonchev–Trinajstić information content (AvgIpc) is 3.13. The summed E-state index contributed by atoms with van der Waals surface area (Å²) in [4.78, 5) is 16.9. The van der Waals surface area contributed by atoms with Gasteiger partial charge in [-0.25, -0.2) is 0 Å². The van der Waals surface area contributed by atoms with Crippen LogP contribution in [0, 0.1) is 19.8 Å².